The SMILES string of the molecule is O=C(NCc1ccccc1)c1ccc(F)cc1OC(F)(F)F. The second-order valence-corrected chi connectivity index (χ2v) is 4.36. The Balaban J connectivity index is 2.15. The van der Waals surface area contributed by atoms with E-state index in [0.29, 0.717) is 6.07 Å². The zero-order valence-electron chi connectivity index (χ0n) is 11.2. The smallest absolute Gasteiger partial charge is 0.405 e. The molecular formula is C15H11F4NO2. The van der Waals surface area contributed by atoms with Crippen molar-refractivity contribution in [2.45, 2.75) is 12.9 Å². The molecule has 0 atom stereocenters. The fourth-order valence-electron chi connectivity index (χ4n) is 1.77. The average Bonchev–Trinajstić information content (AvgIpc) is 2.44. The third kappa shape index (κ3) is 4.47. The van der Waals surface area contributed by atoms with Gasteiger partial charge in [0.1, 0.15) is 11.6 Å². The lowest BCUT2D eigenvalue weighted by atomic mass is 10.1. The van der Waals surface area contributed by atoms with E-state index in [9.17, 15) is 22.4 Å². The first-order valence-electron chi connectivity index (χ1n) is 6.22. The van der Waals surface area contributed by atoms with Crippen molar-refractivity contribution in [2.75, 3.05) is 0 Å². The molecule has 0 fully saturated rings. The first-order valence-corrected chi connectivity index (χ1v) is 6.22. The highest BCUT2D eigenvalue weighted by Crippen LogP contribution is 2.27. The van der Waals surface area contributed by atoms with Gasteiger partial charge in [-0.05, 0) is 17.7 Å². The number of alkyl halides is 3. The zero-order valence-corrected chi connectivity index (χ0v) is 11.2. The first kappa shape index (κ1) is 15.8. The van der Waals surface area contributed by atoms with Crippen LogP contribution < -0.4 is 10.1 Å². The summed E-state index contributed by atoms with van der Waals surface area (Å²) in [5.41, 5.74) is 0.380. The number of carbonyl (C=O) groups excluding carboxylic acids is 1. The Hall–Kier alpha value is -2.57. The third-order valence-electron chi connectivity index (χ3n) is 2.71. The van der Waals surface area contributed by atoms with Crippen LogP contribution in [0.2, 0.25) is 0 Å². The van der Waals surface area contributed by atoms with Crippen molar-refractivity contribution >= 4 is 5.91 Å². The summed E-state index contributed by atoms with van der Waals surface area (Å²) in [6, 6.07) is 11.2. The maximum absolute atomic E-state index is 13.1. The van der Waals surface area contributed by atoms with Gasteiger partial charge in [0.2, 0.25) is 0 Å². The van der Waals surface area contributed by atoms with E-state index in [1.807, 2.05) is 0 Å². The summed E-state index contributed by atoms with van der Waals surface area (Å²) in [5.74, 6) is -2.60. The molecule has 1 amide bonds. The number of ether oxygens (including phenoxy) is 1. The molecule has 2 aromatic carbocycles. The van der Waals surface area contributed by atoms with Gasteiger partial charge in [-0.25, -0.2) is 4.39 Å². The summed E-state index contributed by atoms with van der Waals surface area (Å²) in [7, 11) is 0. The minimum Gasteiger partial charge on any atom is -0.405 e. The molecule has 0 saturated carbocycles. The highest BCUT2D eigenvalue weighted by atomic mass is 19.4. The second-order valence-electron chi connectivity index (χ2n) is 4.36. The van der Waals surface area contributed by atoms with E-state index in [1.165, 1.54) is 0 Å². The zero-order chi connectivity index (χ0) is 16.2. The molecule has 0 aliphatic rings. The van der Waals surface area contributed by atoms with Crippen molar-refractivity contribution in [2.24, 2.45) is 0 Å². The normalized spacial score (nSPS) is 11.1. The van der Waals surface area contributed by atoms with Gasteiger partial charge in [0.25, 0.3) is 5.91 Å². The van der Waals surface area contributed by atoms with Crippen LogP contribution >= 0.6 is 0 Å². The average molecular weight is 313 g/mol. The first-order chi connectivity index (χ1) is 10.3. The van der Waals surface area contributed by atoms with Crippen molar-refractivity contribution < 1.29 is 27.1 Å². The van der Waals surface area contributed by atoms with Crippen LogP contribution in [0.1, 0.15) is 15.9 Å². The maximum atomic E-state index is 13.1. The van der Waals surface area contributed by atoms with Crippen LogP contribution in [-0.2, 0) is 6.54 Å². The molecule has 0 aromatic heterocycles. The van der Waals surface area contributed by atoms with E-state index >= 15 is 0 Å². The van der Waals surface area contributed by atoms with E-state index in [2.05, 4.69) is 10.1 Å². The van der Waals surface area contributed by atoms with E-state index in [1.54, 1.807) is 30.3 Å². The van der Waals surface area contributed by atoms with Gasteiger partial charge in [0, 0.05) is 12.6 Å². The molecular weight excluding hydrogens is 302 g/mol. The molecule has 0 saturated heterocycles. The fraction of sp³-hybridized carbons (Fsp3) is 0.133. The molecule has 0 bridgehead atoms. The van der Waals surface area contributed by atoms with Crippen LogP contribution in [0.4, 0.5) is 17.6 Å². The molecule has 0 aliphatic carbocycles. The van der Waals surface area contributed by atoms with Gasteiger partial charge >= 0.3 is 6.36 Å². The predicted molar refractivity (Wildman–Crippen MR) is 70.7 cm³/mol. The Morgan fingerprint density at radius 3 is 2.41 bits per heavy atom. The molecule has 2 rings (SSSR count). The number of amides is 1. The van der Waals surface area contributed by atoms with Gasteiger partial charge in [-0.3, -0.25) is 4.79 Å². The van der Waals surface area contributed by atoms with Gasteiger partial charge in [-0.15, -0.1) is 13.2 Å². The Bertz CT molecular complexity index is 656. The molecule has 0 radical (unpaired) electrons. The standard InChI is InChI=1S/C15H11F4NO2/c16-11-6-7-12(13(8-11)22-15(17,18)19)14(21)20-9-10-4-2-1-3-5-10/h1-8H,9H2,(H,20,21). The highest BCUT2D eigenvalue weighted by molar-refractivity contribution is 5.96. The minimum absolute atomic E-state index is 0.127. The van der Waals surface area contributed by atoms with E-state index in [-0.39, 0.29) is 6.54 Å². The molecule has 3 nitrogen and oxygen atoms in total. The summed E-state index contributed by atoms with van der Waals surface area (Å²) < 4.78 is 53.6. The molecule has 22 heavy (non-hydrogen) atoms. The number of rotatable bonds is 4. The van der Waals surface area contributed by atoms with Gasteiger partial charge in [0.15, 0.2) is 0 Å². The van der Waals surface area contributed by atoms with Crippen LogP contribution in [0.25, 0.3) is 0 Å². The van der Waals surface area contributed by atoms with Crippen LogP contribution in [0.15, 0.2) is 48.5 Å². The second kappa shape index (κ2) is 6.46. The van der Waals surface area contributed by atoms with Gasteiger partial charge in [-0.1, -0.05) is 30.3 Å². The van der Waals surface area contributed by atoms with Crippen molar-refractivity contribution in [3.8, 4) is 5.75 Å². The lowest BCUT2D eigenvalue weighted by Gasteiger charge is -2.13. The molecule has 0 aliphatic heterocycles. The van der Waals surface area contributed by atoms with E-state index in [0.717, 1.165) is 17.7 Å². The number of carbonyl (C=O) groups is 1. The van der Waals surface area contributed by atoms with Crippen LogP contribution in [-0.4, -0.2) is 12.3 Å². The Morgan fingerprint density at radius 2 is 1.77 bits per heavy atom. The van der Waals surface area contributed by atoms with Crippen LogP contribution in [0.5, 0.6) is 5.75 Å². The van der Waals surface area contributed by atoms with Crippen molar-refractivity contribution in [3.63, 3.8) is 0 Å². The molecule has 0 spiro atoms. The largest absolute Gasteiger partial charge is 0.573 e. The van der Waals surface area contributed by atoms with E-state index < -0.39 is 29.4 Å². The summed E-state index contributed by atoms with van der Waals surface area (Å²) in [5, 5.41) is 2.45. The summed E-state index contributed by atoms with van der Waals surface area (Å²) in [6.45, 7) is 0.127. The van der Waals surface area contributed by atoms with Gasteiger partial charge in [0.05, 0.1) is 5.56 Å². The summed E-state index contributed by atoms with van der Waals surface area (Å²) in [4.78, 5) is 12.0. The van der Waals surface area contributed by atoms with E-state index in [4.69, 9.17) is 0 Å². The fourth-order valence-corrected chi connectivity index (χ4v) is 1.77. The van der Waals surface area contributed by atoms with Gasteiger partial charge < -0.3 is 10.1 Å². The summed E-state index contributed by atoms with van der Waals surface area (Å²) in [6.07, 6.45) is -5.01. The quantitative estimate of drug-likeness (QED) is 0.875. The number of hydrogen-bond acceptors (Lipinski definition) is 2. The number of hydrogen-bond donors (Lipinski definition) is 1. The van der Waals surface area contributed by atoms with Crippen molar-refractivity contribution in [1.29, 1.82) is 0 Å². The predicted octanol–water partition coefficient (Wildman–Crippen LogP) is 3.65. The number of benzene rings is 2. The van der Waals surface area contributed by atoms with Crippen molar-refractivity contribution in [3.05, 3.63) is 65.5 Å². The minimum atomic E-state index is -5.01. The Labute approximate surface area is 123 Å². The topological polar surface area (TPSA) is 38.3 Å². The monoisotopic (exact) mass is 313 g/mol. The van der Waals surface area contributed by atoms with Crippen LogP contribution in [0, 0.1) is 5.82 Å². The van der Waals surface area contributed by atoms with Crippen LogP contribution in [0.3, 0.4) is 0 Å². The molecule has 1 N–H and O–H groups in total. The summed E-state index contributed by atoms with van der Waals surface area (Å²) >= 11 is 0. The molecule has 116 valence electrons. The molecule has 7 heteroatoms. The van der Waals surface area contributed by atoms with Crippen molar-refractivity contribution in [1.82, 2.24) is 5.32 Å². The molecule has 0 heterocycles. The lowest BCUT2D eigenvalue weighted by Crippen LogP contribution is -2.25. The number of halogens is 4. The highest BCUT2D eigenvalue weighted by Gasteiger charge is 2.33. The van der Waals surface area contributed by atoms with Gasteiger partial charge in [-0.2, -0.15) is 0 Å². The third-order valence-corrected chi connectivity index (χ3v) is 2.71. The molecule has 0 unspecified atom stereocenters. The molecule has 2 aromatic rings. The Kier molecular flexibility index (Phi) is 4.65. The maximum Gasteiger partial charge on any atom is 0.573 e. The lowest BCUT2D eigenvalue weighted by molar-refractivity contribution is -0.274. The Morgan fingerprint density at radius 1 is 1.09 bits per heavy atom. The number of nitrogens with one attached hydrogen (secondary N) is 1.